The topological polar surface area (TPSA) is 61.5 Å². The first-order valence-corrected chi connectivity index (χ1v) is 51.0. The third-order valence-electron chi connectivity index (χ3n) is 28.0. The van der Waals surface area contributed by atoms with Gasteiger partial charge in [0.15, 0.2) is 5.58 Å². The monoisotopic (exact) mass is 1900 g/mol. The fraction of sp³-hybridized carbons (Fsp3) is 0. The third-order valence-corrected chi connectivity index (χ3v) is 30.1. The zero-order valence-corrected chi connectivity index (χ0v) is 81.0. The van der Waals surface area contributed by atoms with Crippen molar-refractivity contribution in [1.29, 1.82) is 0 Å². The summed E-state index contributed by atoms with van der Waals surface area (Å²) in [4.78, 5) is 22.1. The third kappa shape index (κ3) is 17.1. The highest BCUT2D eigenvalue weighted by molar-refractivity contribution is 7.22. The lowest BCUT2D eigenvalue weighted by atomic mass is 9.96. The maximum atomic E-state index is 6.41. The summed E-state index contributed by atoms with van der Waals surface area (Å²) in [6.45, 7) is 0. The lowest BCUT2D eigenvalue weighted by Crippen LogP contribution is -2.10. The molecule has 3 aromatic heterocycles. The number of oxazole rings is 1. The predicted molar refractivity (Wildman–Crippen MR) is 621 cm³/mol. The molecule has 0 saturated heterocycles. The normalized spacial score (nSPS) is 11.4. The first-order valence-electron chi connectivity index (χ1n) is 49.4. The van der Waals surface area contributed by atoms with Gasteiger partial charge >= 0.3 is 0 Å². The molecule has 7 nitrogen and oxygen atoms in total. The van der Waals surface area contributed by atoms with Crippen LogP contribution in [0.5, 0.6) is 0 Å². The average Bonchev–Trinajstić information content (AvgIpc) is 1.53. The number of thiazole rings is 2. The summed E-state index contributed by atoms with van der Waals surface area (Å²) in [5, 5.41) is 21.4. The van der Waals surface area contributed by atoms with Gasteiger partial charge in [0.25, 0.3) is 0 Å². The number of nitrogens with zero attached hydrogens (tertiary/aromatic N) is 6. The minimum atomic E-state index is 0.644. The summed E-state index contributed by atoms with van der Waals surface area (Å²) in [7, 11) is 0. The highest BCUT2D eigenvalue weighted by Gasteiger charge is 2.23. The van der Waals surface area contributed by atoms with Crippen LogP contribution < -0.4 is 14.7 Å². The molecule has 9 heteroatoms. The van der Waals surface area contributed by atoms with E-state index in [9.17, 15) is 0 Å². The second-order valence-corrected chi connectivity index (χ2v) is 39.0. The number of benzene rings is 25. The van der Waals surface area contributed by atoms with Gasteiger partial charge in [-0.3, -0.25) is 0 Å². The molecule has 0 bridgehead atoms. The molecule has 0 amide bonds. The van der Waals surface area contributed by atoms with Gasteiger partial charge in [0.1, 0.15) is 15.5 Å². The van der Waals surface area contributed by atoms with E-state index >= 15 is 0 Å². The molecule has 146 heavy (non-hydrogen) atoms. The molecular formula is C137H90N6OS2. The number of anilines is 9. The number of fused-ring (bicyclic) bond motifs is 17. The van der Waals surface area contributed by atoms with Crippen molar-refractivity contribution in [3.63, 3.8) is 0 Å². The van der Waals surface area contributed by atoms with Crippen molar-refractivity contribution in [3.8, 4) is 88.2 Å². The summed E-state index contributed by atoms with van der Waals surface area (Å²) in [5.41, 5.74) is 29.1. The van der Waals surface area contributed by atoms with Gasteiger partial charge in [-0.1, -0.05) is 388 Å². The molecule has 0 aliphatic heterocycles. The Bertz CT molecular complexity index is 9360. The van der Waals surface area contributed by atoms with Crippen molar-refractivity contribution >= 4 is 192 Å². The van der Waals surface area contributed by atoms with Crippen molar-refractivity contribution in [1.82, 2.24) is 15.0 Å². The van der Waals surface area contributed by atoms with Crippen LogP contribution in [0, 0.1) is 0 Å². The molecule has 25 aromatic carbocycles. The minimum absolute atomic E-state index is 0.644. The maximum absolute atomic E-state index is 6.41. The van der Waals surface area contributed by atoms with Gasteiger partial charge in [-0.15, -0.1) is 22.7 Å². The van der Waals surface area contributed by atoms with Gasteiger partial charge in [-0.05, 0) is 283 Å². The van der Waals surface area contributed by atoms with E-state index in [-0.39, 0.29) is 0 Å². The summed E-state index contributed by atoms with van der Waals surface area (Å²) < 4.78 is 8.83. The van der Waals surface area contributed by atoms with E-state index in [0.717, 1.165) is 116 Å². The first-order chi connectivity index (χ1) is 72.3. The van der Waals surface area contributed by atoms with E-state index in [1.165, 1.54) is 135 Å². The van der Waals surface area contributed by atoms with Gasteiger partial charge in [0.2, 0.25) is 5.89 Å². The molecule has 3 heterocycles. The Morgan fingerprint density at radius 2 is 0.432 bits per heavy atom. The van der Waals surface area contributed by atoms with Gasteiger partial charge in [-0.25, -0.2) is 15.0 Å². The SMILES string of the molecule is c1ccc(-c2ccc(N(c3ccc(-c4ccc5c(ccc6ccc7sc(-c8ccccc8)nc7c65)c4)cc3)c3cccc(-c4ccccc4)c3)cc2)cc1.c1ccc(-c2nc3c(ccc4ccc5cc(-c6ccc(N(c7ccccc7)c7ccc8ccccc8c7)cc6)ccc5c43)s2)cc1.c1ccc(-c2nc3ccc4ccc5cc(-c6ccc(N(c7ccccc7)c7ccc8ccccc8c7)cc6)ccc5c4c3o2)cc1. The average molecular weight is 1900 g/mol. The number of para-hydroxylation sites is 2. The predicted octanol–water partition coefficient (Wildman–Crippen LogP) is 39.4. The van der Waals surface area contributed by atoms with E-state index in [4.69, 9.17) is 19.4 Å². The highest BCUT2D eigenvalue weighted by Crippen LogP contribution is 2.48. The van der Waals surface area contributed by atoms with Crippen LogP contribution in [0.15, 0.2) is 550 Å². The van der Waals surface area contributed by atoms with E-state index in [1.807, 2.05) is 36.4 Å². The van der Waals surface area contributed by atoms with E-state index < -0.39 is 0 Å². The molecule has 0 aliphatic rings. The second kappa shape index (κ2) is 38.3. The van der Waals surface area contributed by atoms with E-state index in [1.54, 1.807) is 22.7 Å². The molecule has 0 fully saturated rings. The molecule has 0 aliphatic carbocycles. The van der Waals surface area contributed by atoms with Crippen molar-refractivity contribution in [2.24, 2.45) is 0 Å². The minimum Gasteiger partial charge on any atom is -0.435 e. The van der Waals surface area contributed by atoms with Gasteiger partial charge in [0, 0.05) is 84.0 Å². The fourth-order valence-corrected chi connectivity index (χ4v) is 22.6. The molecular weight excluding hydrogens is 1810 g/mol. The smallest absolute Gasteiger partial charge is 0.227 e. The van der Waals surface area contributed by atoms with Gasteiger partial charge in [-0.2, -0.15) is 0 Å². The molecule has 0 saturated carbocycles. The van der Waals surface area contributed by atoms with Crippen molar-refractivity contribution < 1.29 is 4.42 Å². The quantitative estimate of drug-likeness (QED) is 0.0842. The second-order valence-electron chi connectivity index (χ2n) is 36.9. The standard InChI is InChI=1S/C51H34N2S.C43H28N2O.C43H28N2S/c1-4-11-35(12-5-1)37-21-27-44(28-22-37)53(46-18-10-17-41(34-46)36-13-6-2-7-14-36)45-29-23-38(24-30-45)42-25-31-47-43(33-42)20-19-39-26-32-48-50(49(39)47)52-51(54-48)40-15-8-3-9-16-40;1-3-10-32(11-4-1)43-44-40-26-21-31-15-16-35-27-34(20-25-39(35)41(31)42(40)46-43)30-17-22-37(23-18-30)45(36-13-5-2-6-14-36)38-24-19-29-9-7-8-12-33(29)28-38;1-3-10-32(11-4-1)43-44-42-40(46-43)26-21-31-15-16-35-27-34(20-25-39(35)41(31)42)30-17-22-37(23-18-30)45(36-13-5-2-6-14-36)38-24-19-29-9-7-8-12-33(29)28-38/h1-34H;2*1-28H. The van der Waals surface area contributed by atoms with Crippen LogP contribution in [-0.4, -0.2) is 15.0 Å². The van der Waals surface area contributed by atoms with Crippen molar-refractivity contribution in [3.05, 3.63) is 546 Å². The Balaban J connectivity index is 0.000000112. The van der Waals surface area contributed by atoms with Crippen LogP contribution in [0.2, 0.25) is 0 Å². The van der Waals surface area contributed by atoms with Crippen LogP contribution in [0.25, 0.3) is 206 Å². The van der Waals surface area contributed by atoms with Crippen molar-refractivity contribution in [2.45, 2.75) is 0 Å². The van der Waals surface area contributed by atoms with Gasteiger partial charge in [0.05, 0.1) is 20.4 Å². The molecule has 686 valence electrons. The van der Waals surface area contributed by atoms with E-state index in [2.05, 4.69) is 524 Å². The van der Waals surface area contributed by atoms with Crippen LogP contribution in [-0.2, 0) is 0 Å². The van der Waals surface area contributed by atoms with Gasteiger partial charge < -0.3 is 19.1 Å². The molecule has 28 rings (SSSR count). The number of rotatable bonds is 17. The molecule has 0 N–H and O–H groups in total. The van der Waals surface area contributed by atoms with Crippen LogP contribution in [0.1, 0.15) is 0 Å². The molecule has 0 radical (unpaired) electrons. The van der Waals surface area contributed by atoms with E-state index in [0.29, 0.717) is 5.89 Å². The Hall–Kier alpha value is -18.8. The molecule has 0 atom stereocenters. The zero-order valence-electron chi connectivity index (χ0n) is 79.4. The fourth-order valence-electron chi connectivity index (χ4n) is 20.7. The molecule has 0 spiro atoms. The first kappa shape index (κ1) is 87.5. The lowest BCUT2D eigenvalue weighted by Gasteiger charge is -2.26. The Labute approximate surface area is 853 Å². The van der Waals surface area contributed by atoms with Crippen LogP contribution in [0.4, 0.5) is 51.2 Å². The lowest BCUT2D eigenvalue weighted by molar-refractivity contribution is 0.623. The zero-order chi connectivity index (χ0) is 96.7. The Kier molecular flexibility index (Phi) is 23.0. The Morgan fingerprint density at radius 3 is 0.842 bits per heavy atom. The summed E-state index contributed by atoms with van der Waals surface area (Å²) >= 11 is 3.52. The maximum Gasteiger partial charge on any atom is 0.227 e. The number of aromatic nitrogens is 3. The summed E-state index contributed by atoms with van der Waals surface area (Å²) in [6.07, 6.45) is 0. The summed E-state index contributed by atoms with van der Waals surface area (Å²) in [6, 6.07) is 195. The highest BCUT2D eigenvalue weighted by atomic mass is 32.1. The van der Waals surface area contributed by atoms with Crippen molar-refractivity contribution in [2.75, 3.05) is 14.7 Å². The molecule has 0 unspecified atom stereocenters. The largest absolute Gasteiger partial charge is 0.435 e. The summed E-state index contributed by atoms with van der Waals surface area (Å²) in [5.74, 6) is 0.644. The van der Waals surface area contributed by atoms with Crippen LogP contribution >= 0.6 is 22.7 Å². The number of hydrogen-bond donors (Lipinski definition) is 0. The van der Waals surface area contributed by atoms with Crippen LogP contribution in [0.3, 0.4) is 0 Å². The molecule has 28 aromatic rings. The Morgan fingerprint density at radius 1 is 0.164 bits per heavy atom. The number of hydrogen-bond acceptors (Lipinski definition) is 9.